The average Bonchev–Trinajstić information content (AvgIpc) is 2.59. The molecule has 2 aromatic carbocycles. The fraction of sp³-hybridized carbons (Fsp3) is 0. The van der Waals surface area contributed by atoms with Gasteiger partial charge < -0.3 is 10.6 Å². The van der Waals surface area contributed by atoms with Gasteiger partial charge in [0.25, 0.3) is 0 Å². The van der Waals surface area contributed by atoms with Gasteiger partial charge in [0, 0.05) is 16.9 Å². The third-order valence-electron chi connectivity index (χ3n) is 3.19. The van der Waals surface area contributed by atoms with Crippen molar-refractivity contribution in [3.8, 4) is 6.07 Å². The zero-order valence-electron chi connectivity index (χ0n) is 12.6. The zero-order chi connectivity index (χ0) is 17.8. The van der Waals surface area contributed by atoms with Gasteiger partial charge in [0.1, 0.15) is 5.82 Å². The van der Waals surface area contributed by atoms with Crippen molar-refractivity contribution >= 4 is 57.9 Å². The SMILES string of the molecule is N#Cc1ccc(Nc2ccnc(Nc3c(Cl)cc(Cl)cc3Cl)n2)cc1. The van der Waals surface area contributed by atoms with E-state index in [2.05, 4.69) is 26.7 Å². The van der Waals surface area contributed by atoms with E-state index < -0.39 is 0 Å². The average molecular weight is 391 g/mol. The van der Waals surface area contributed by atoms with Crippen LogP contribution in [0.15, 0.2) is 48.7 Å². The summed E-state index contributed by atoms with van der Waals surface area (Å²) in [6, 6.07) is 14.0. The standard InChI is InChI=1S/C17H10Cl3N5/c18-11-7-13(19)16(14(20)8-11)25-17-22-6-5-15(24-17)23-12-3-1-10(9-21)2-4-12/h1-8H,(H2,22,23,24,25). The Kier molecular flexibility index (Phi) is 5.25. The van der Waals surface area contributed by atoms with E-state index in [0.717, 1.165) is 5.69 Å². The van der Waals surface area contributed by atoms with Crippen molar-refractivity contribution in [1.82, 2.24) is 9.97 Å². The molecule has 124 valence electrons. The lowest BCUT2D eigenvalue weighted by Crippen LogP contribution is -2.01. The van der Waals surface area contributed by atoms with Gasteiger partial charge in [-0.15, -0.1) is 0 Å². The second-order valence-corrected chi connectivity index (χ2v) is 6.20. The van der Waals surface area contributed by atoms with Crippen LogP contribution in [0.3, 0.4) is 0 Å². The maximum Gasteiger partial charge on any atom is 0.229 e. The molecule has 0 saturated heterocycles. The Labute approximate surface area is 159 Å². The van der Waals surface area contributed by atoms with Crippen LogP contribution in [0.5, 0.6) is 0 Å². The molecule has 0 amide bonds. The van der Waals surface area contributed by atoms with E-state index in [0.29, 0.717) is 38.1 Å². The summed E-state index contributed by atoms with van der Waals surface area (Å²) in [6.07, 6.45) is 1.60. The van der Waals surface area contributed by atoms with Crippen molar-refractivity contribution < 1.29 is 0 Å². The van der Waals surface area contributed by atoms with Crippen molar-refractivity contribution in [2.24, 2.45) is 0 Å². The maximum atomic E-state index is 8.83. The van der Waals surface area contributed by atoms with Gasteiger partial charge in [-0.05, 0) is 42.5 Å². The molecule has 5 nitrogen and oxygen atoms in total. The molecule has 0 bridgehead atoms. The van der Waals surface area contributed by atoms with Crippen LogP contribution in [0.25, 0.3) is 0 Å². The van der Waals surface area contributed by atoms with E-state index >= 15 is 0 Å². The molecule has 0 aliphatic rings. The van der Waals surface area contributed by atoms with Crippen molar-refractivity contribution in [2.75, 3.05) is 10.6 Å². The Balaban J connectivity index is 1.81. The van der Waals surface area contributed by atoms with Crippen LogP contribution in [0.1, 0.15) is 5.56 Å². The first-order valence-corrected chi connectivity index (χ1v) is 8.20. The summed E-state index contributed by atoms with van der Waals surface area (Å²) >= 11 is 18.2. The number of nitriles is 1. The molecule has 0 radical (unpaired) electrons. The quantitative estimate of drug-likeness (QED) is 0.589. The van der Waals surface area contributed by atoms with Gasteiger partial charge in [-0.1, -0.05) is 34.8 Å². The smallest absolute Gasteiger partial charge is 0.229 e. The fourth-order valence-electron chi connectivity index (χ4n) is 2.04. The van der Waals surface area contributed by atoms with E-state index in [9.17, 15) is 0 Å². The first-order chi connectivity index (χ1) is 12.0. The molecule has 25 heavy (non-hydrogen) atoms. The summed E-state index contributed by atoms with van der Waals surface area (Å²) in [7, 11) is 0. The first kappa shape index (κ1) is 17.3. The fourth-order valence-corrected chi connectivity index (χ4v) is 2.95. The van der Waals surface area contributed by atoms with Gasteiger partial charge in [-0.3, -0.25) is 0 Å². The number of benzene rings is 2. The topological polar surface area (TPSA) is 73.6 Å². The number of aromatic nitrogens is 2. The van der Waals surface area contributed by atoms with E-state index in [4.69, 9.17) is 40.1 Å². The zero-order valence-corrected chi connectivity index (χ0v) is 14.9. The summed E-state index contributed by atoms with van der Waals surface area (Å²) in [6.45, 7) is 0. The summed E-state index contributed by atoms with van der Waals surface area (Å²) in [5, 5.41) is 16.1. The summed E-state index contributed by atoms with van der Waals surface area (Å²) in [4.78, 5) is 8.51. The van der Waals surface area contributed by atoms with Crippen LogP contribution in [-0.2, 0) is 0 Å². The first-order valence-electron chi connectivity index (χ1n) is 7.07. The molecular weight excluding hydrogens is 381 g/mol. The van der Waals surface area contributed by atoms with Gasteiger partial charge in [0.05, 0.1) is 27.4 Å². The molecule has 1 heterocycles. The monoisotopic (exact) mass is 389 g/mol. The Morgan fingerprint density at radius 3 is 2.24 bits per heavy atom. The van der Waals surface area contributed by atoms with Gasteiger partial charge in [-0.25, -0.2) is 4.98 Å². The minimum atomic E-state index is 0.324. The van der Waals surface area contributed by atoms with Crippen molar-refractivity contribution in [1.29, 1.82) is 5.26 Å². The molecule has 0 saturated carbocycles. The highest BCUT2D eigenvalue weighted by Crippen LogP contribution is 2.35. The van der Waals surface area contributed by atoms with Gasteiger partial charge >= 0.3 is 0 Å². The van der Waals surface area contributed by atoms with Crippen LogP contribution in [-0.4, -0.2) is 9.97 Å². The molecule has 0 spiro atoms. The van der Waals surface area contributed by atoms with Crippen molar-refractivity contribution in [3.63, 3.8) is 0 Å². The molecule has 2 N–H and O–H groups in total. The summed E-state index contributed by atoms with van der Waals surface area (Å²) in [5.74, 6) is 0.896. The summed E-state index contributed by atoms with van der Waals surface area (Å²) in [5.41, 5.74) is 1.86. The second kappa shape index (κ2) is 7.58. The lowest BCUT2D eigenvalue weighted by molar-refractivity contribution is 1.17. The number of anilines is 4. The van der Waals surface area contributed by atoms with Crippen LogP contribution in [0.2, 0.25) is 15.1 Å². The van der Waals surface area contributed by atoms with E-state index in [1.165, 1.54) is 0 Å². The van der Waals surface area contributed by atoms with Gasteiger partial charge in [0.2, 0.25) is 5.95 Å². The van der Waals surface area contributed by atoms with Gasteiger partial charge in [-0.2, -0.15) is 10.2 Å². The minimum absolute atomic E-state index is 0.324. The second-order valence-electron chi connectivity index (χ2n) is 4.95. The predicted molar refractivity (Wildman–Crippen MR) is 101 cm³/mol. The maximum absolute atomic E-state index is 8.83. The lowest BCUT2D eigenvalue weighted by atomic mass is 10.2. The highest BCUT2D eigenvalue weighted by molar-refractivity contribution is 6.41. The Bertz CT molecular complexity index is 928. The molecule has 0 atom stereocenters. The third-order valence-corrected chi connectivity index (χ3v) is 4.00. The summed E-state index contributed by atoms with van der Waals surface area (Å²) < 4.78 is 0. The van der Waals surface area contributed by atoms with E-state index in [1.54, 1.807) is 48.7 Å². The van der Waals surface area contributed by atoms with Crippen LogP contribution < -0.4 is 10.6 Å². The van der Waals surface area contributed by atoms with E-state index in [-0.39, 0.29) is 0 Å². The Morgan fingerprint density at radius 1 is 0.920 bits per heavy atom. The van der Waals surface area contributed by atoms with Crippen molar-refractivity contribution in [3.05, 3.63) is 69.3 Å². The lowest BCUT2D eigenvalue weighted by Gasteiger charge is -2.11. The number of halogens is 3. The van der Waals surface area contributed by atoms with Crippen molar-refractivity contribution in [2.45, 2.75) is 0 Å². The van der Waals surface area contributed by atoms with Crippen LogP contribution in [0.4, 0.5) is 23.1 Å². The largest absolute Gasteiger partial charge is 0.340 e. The highest BCUT2D eigenvalue weighted by atomic mass is 35.5. The molecule has 3 aromatic rings. The molecule has 1 aromatic heterocycles. The van der Waals surface area contributed by atoms with Crippen LogP contribution >= 0.6 is 34.8 Å². The van der Waals surface area contributed by atoms with Gasteiger partial charge in [0.15, 0.2) is 0 Å². The molecule has 0 unspecified atom stereocenters. The predicted octanol–water partition coefficient (Wildman–Crippen LogP) is 5.80. The normalized spacial score (nSPS) is 10.2. The Morgan fingerprint density at radius 2 is 1.60 bits per heavy atom. The molecular formula is C17H10Cl3N5. The number of hydrogen-bond acceptors (Lipinski definition) is 5. The Hall–Kier alpha value is -2.52. The number of nitrogens with zero attached hydrogens (tertiary/aromatic N) is 3. The molecule has 0 aliphatic heterocycles. The van der Waals surface area contributed by atoms with E-state index in [1.807, 2.05) is 0 Å². The minimum Gasteiger partial charge on any atom is -0.340 e. The molecule has 8 heteroatoms. The number of hydrogen-bond donors (Lipinski definition) is 2. The number of nitrogens with one attached hydrogen (secondary N) is 2. The molecule has 0 fully saturated rings. The third kappa shape index (κ3) is 4.31. The molecule has 0 aliphatic carbocycles. The number of rotatable bonds is 4. The molecule has 3 rings (SSSR count). The highest BCUT2D eigenvalue weighted by Gasteiger charge is 2.10. The van der Waals surface area contributed by atoms with Crippen LogP contribution in [0, 0.1) is 11.3 Å².